The summed E-state index contributed by atoms with van der Waals surface area (Å²) in [6, 6.07) is 0. The molecule has 5 heteroatoms. The van der Waals surface area contributed by atoms with Gasteiger partial charge in [-0.25, -0.2) is 0 Å². The number of aliphatic hydroxyl groups excluding tert-OH is 3. The molecule has 104 valence electrons. The highest BCUT2D eigenvalue weighted by Gasteiger charge is 2.25. The average Bonchev–Trinajstić information content (AvgIpc) is 2.33. The van der Waals surface area contributed by atoms with E-state index >= 15 is 0 Å². The minimum absolute atomic E-state index is 0.156. The van der Waals surface area contributed by atoms with Gasteiger partial charge in [0.1, 0.15) is 0 Å². The zero-order chi connectivity index (χ0) is 14.1. The maximum Gasteiger partial charge on any atom is 0.309 e. The molecular formula is C12H26O5. The van der Waals surface area contributed by atoms with Crippen LogP contribution in [-0.4, -0.2) is 46.2 Å². The number of rotatable bonds is 6. The van der Waals surface area contributed by atoms with Crippen molar-refractivity contribution in [2.75, 3.05) is 19.8 Å². The van der Waals surface area contributed by atoms with Crippen molar-refractivity contribution in [2.45, 2.75) is 40.5 Å². The molecule has 0 atom stereocenters. The number of aliphatic carboxylic acids is 1. The second kappa shape index (κ2) is 8.44. The minimum Gasteiger partial charge on any atom is -0.481 e. The summed E-state index contributed by atoms with van der Waals surface area (Å²) in [4.78, 5) is 10.3. The number of carboxylic acids is 1. The van der Waals surface area contributed by atoms with E-state index in [0.29, 0.717) is 12.8 Å². The predicted octanol–water partition coefficient (Wildman–Crippen LogP) is 0.867. The topological polar surface area (TPSA) is 98.0 Å². The van der Waals surface area contributed by atoms with E-state index in [9.17, 15) is 4.79 Å². The van der Waals surface area contributed by atoms with Gasteiger partial charge in [-0.05, 0) is 26.7 Å². The summed E-state index contributed by atoms with van der Waals surface area (Å²) in [5.74, 6) is -0.722. The maximum atomic E-state index is 10.3. The molecule has 0 aliphatic carbocycles. The maximum absolute atomic E-state index is 10.3. The lowest BCUT2D eigenvalue weighted by atomic mass is 9.88. The summed E-state index contributed by atoms with van der Waals surface area (Å²) < 4.78 is 0. The third-order valence-electron chi connectivity index (χ3n) is 3.22. The molecule has 0 radical (unpaired) electrons. The van der Waals surface area contributed by atoms with Crippen LogP contribution in [0.15, 0.2) is 0 Å². The van der Waals surface area contributed by atoms with Crippen LogP contribution in [0.3, 0.4) is 0 Å². The van der Waals surface area contributed by atoms with Crippen LogP contribution in [-0.2, 0) is 4.79 Å². The van der Waals surface area contributed by atoms with Crippen molar-refractivity contribution in [1.82, 2.24) is 0 Å². The molecule has 0 aromatic rings. The van der Waals surface area contributed by atoms with Crippen molar-refractivity contribution >= 4 is 5.97 Å². The van der Waals surface area contributed by atoms with E-state index in [0.717, 1.165) is 0 Å². The summed E-state index contributed by atoms with van der Waals surface area (Å²) in [7, 11) is 0. The third kappa shape index (κ3) is 6.61. The fourth-order valence-corrected chi connectivity index (χ4v) is 0.637. The van der Waals surface area contributed by atoms with Crippen LogP contribution >= 0.6 is 0 Å². The van der Waals surface area contributed by atoms with E-state index in [4.69, 9.17) is 20.4 Å². The molecule has 0 saturated carbocycles. The number of hydrogen-bond donors (Lipinski definition) is 4. The van der Waals surface area contributed by atoms with Crippen LogP contribution in [0.2, 0.25) is 0 Å². The van der Waals surface area contributed by atoms with E-state index in [2.05, 4.69) is 0 Å². The molecule has 0 aliphatic heterocycles. The van der Waals surface area contributed by atoms with Crippen molar-refractivity contribution in [3.8, 4) is 0 Å². The molecule has 5 nitrogen and oxygen atoms in total. The second-order valence-electron chi connectivity index (χ2n) is 4.87. The number of aliphatic hydroxyl groups is 3. The van der Waals surface area contributed by atoms with Gasteiger partial charge in [0.25, 0.3) is 0 Å². The summed E-state index contributed by atoms with van der Waals surface area (Å²) >= 11 is 0. The number of carboxylic acid groups (broad SMARTS) is 1. The molecular weight excluding hydrogens is 224 g/mol. The highest BCUT2D eigenvalue weighted by molar-refractivity contribution is 5.73. The van der Waals surface area contributed by atoms with Gasteiger partial charge in [0, 0.05) is 5.41 Å². The van der Waals surface area contributed by atoms with Crippen LogP contribution in [0.4, 0.5) is 0 Å². The summed E-state index contributed by atoms with van der Waals surface area (Å²) in [6.45, 7) is 6.66. The van der Waals surface area contributed by atoms with E-state index in [-0.39, 0.29) is 19.8 Å². The Hall–Kier alpha value is -0.650. The standard InChI is InChI=1S/C6H14O3.C6H12O2/c1-2-6(3-7,4-8)5-9;1-4-6(2,3)5(7)8/h7-9H,2-5H2,1H3;4H2,1-3H3,(H,7,8). The lowest BCUT2D eigenvalue weighted by molar-refractivity contribution is -0.147. The molecule has 0 saturated heterocycles. The van der Waals surface area contributed by atoms with Gasteiger partial charge in [-0.3, -0.25) is 4.79 Å². The van der Waals surface area contributed by atoms with Gasteiger partial charge in [0.15, 0.2) is 0 Å². The normalized spacial score (nSPS) is 11.7. The highest BCUT2D eigenvalue weighted by Crippen LogP contribution is 2.19. The number of hydrogen-bond acceptors (Lipinski definition) is 4. The van der Waals surface area contributed by atoms with Gasteiger partial charge in [-0.15, -0.1) is 0 Å². The Kier molecular flexibility index (Phi) is 9.29. The average molecular weight is 250 g/mol. The number of carbonyl (C=O) groups is 1. The molecule has 0 bridgehead atoms. The van der Waals surface area contributed by atoms with E-state index in [1.54, 1.807) is 13.8 Å². The molecule has 17 heavy (non-hydrogen) atoms. The summed E-state index contributed by atoms with van der Waals surface area (Å²) in [5, 5.41) is 34.4. The lowest BCUT2D eigenvalue weighted by Crippen LogP contribution is -2.32. The van der Waals surface area contributed by atoms with Crippen LogP contribution < -0.4 is 0 Å². The summed E-state index contributed by atoms with van der Waals surface area (Å²) in [5.41, 5.74) is -1.21. The van der Waals surface area contributed by atoms with E-state index in [1.165, 1.54) is 0 Å². The van der Waals surface area contributed by atoms with Crippen LogP contribution in [0.25, 0.3) is 0 Å². The van der Waals surface area contributed by atoms with Gasteiger partial charge in [-0.1, -0.05) is 13.8 Å². The predicted molar refractivity (Wildman–Crippen MR) is 65.7 cm³/mol. The monoisotopic (exact) mass is 250 g/mol. The van der Waals surface area contributed by atoms with Crippen molar-refractivity contribution in [2.24, 2.45) is 10.8 Å². The third-order valence-corrected chi connectivity index (χ3v) is 3.22. The first-order valence-electron chi connectivity index (χ1n) is 5.81. The molecule has 0 rings (SSSR count). The first-order chi connectivity index (χ1) is 7.75. The molecule has 0 aromatic carbocycles. The Bertz CT molecular complexity index is 191. The van der Waals surface area contributed by atoms with Crippen molar-refractivity contribution < 1.29 is 25.2 Å². The van der Waals surface area contributed by atoms with Crippen molar-refractivity contribution in [3.63, 3.8) is 0 Å². The van der Waals surface area contributed by atoms with Crippen LogP contribution in [0, 0.1) is 10.8 Å². The zero-order valence-corrected chi connectivity index (χ0v) is 11.2. The van der Waals surface area contributed by atoms with Crippen molar-refractivity contribution in [3.05, 3.63) is 0 Å². The van der Waals surface area contributed by atoms with Crippen molar-refractivity contribution in [1.29, 1.82) is 0 Å². The Labute approximate surface area is 103 Å². The fourth-order valence-electron chi connectivity index (χ4n) is 0.637. The van der Waals surface area contributed by atoms with Crippen LogP contribution in [0.1, 0.15) is 40.5 Å². The Morgan fingerprint density at radius 2 is 1.29 bits per heavy atom. The lowest BCUT2D eigenvalue weighted by Gasteiger charge is -2.24. The molecule has 4 N–H and O–H groups in total. The Morgan fingerprint density at radius 3 is 1.29 bits per heavy atom. The molecule has 0 heterocycles. The van der Waals surface area contributed by atoms with Gasteiger partial charge < -0.3 is 20.4 Å². The summed E-state index contributed by atoms with van der Waals surface area (Å²) in [6.07, 6.45) is 1.28. The highest BCUT2D eigenvalue weighted by atomic mass is 16.4. The van der Waals surface area contributed by atoms with Crippen LogP contribution in [0.5, 0.6) is 0 Å². The molecule has 0 aliphatic rings. The molecule has 0 fully saturated rings. The first-order valence-corrected chi connectivity index (χ1v) is 5.81. The van der Waals surface area contributed by atoms with E-state index in [1.807, 2.05) is 13.8 Å². The zero-order valence-electron chi connectivity index (χ0n) is 11.2. The quantitative estimate of drug-likeness (QED) is 0.560. The van der Waals surface area contributed by atoms with Gasteiger partial charge in [-0.2, -0.15) is 0 Å². The fraction of sp³-hybridized carbons (Fsp3) is 0.917. The van der Waals surface area contributed by atoms with Gasteiger partial charge in [0.05, 0.1) is 25.2 Å². The Balaban J connectivity index is 0. The Morgan fingerprint density at radius 1 is 0.941 bits per heavy atom. The molecule has 0 spiro atoms. The largest absolute Gasteiger partial charge is 0.481 e. The molecule has 0 amide bonds. The smallest absolute Gasteiger partial charge is 0.309 e. The minimum atomic E-state index is -0.722. The second-order valence-corrected chi connectivity index (χ2v) is 4.87. The van der Waals surface area contributed by atoms with Gasteiger partial charge >= 0.3 is 5.97 Å². The first kappa shape index (κ1) is 18.7. The molecule has 0 aromatic heterocycles. The molecule has 0 unspecified atom stereocenters. The van der Waals surface area contributed by atoms with Gasteiger partial charge in [0.2, 0.25) is 0 Å². The SMILES string of the molecule is CCC(C)(C)C(=O)O.CCC(CO)(CO)CO. The van der Waals surface area contributed by atoms with E-state index < -0.39 is 16.8 Å².